The van der Waals surface area contributed by atoms with Gasteiger partial charge in [-0.05, 0) is 12.3 Å². The maximum Gasteiger partial charge on any atom is 0.167 e. The molecule has 0 N–H and O–H groups in total. The van der Waals surface area contributed by atoms with Gasteiger partial charge in [0.15, 0.2) is 5.37 Å². The highest BCUT2D eigenvalue weighted by Crippen LogP contribution is 2.27. The molecule has 0 spiro atoms. The number of nitriles is 1. The molecule has 3 heteroatoms. The van der Waals surface area contributed by atoms with Crippen molar-refractivity contribution in [2.24, 2.45) is 0 Å². The van der Waals surface area contributed by atoms with Crippen LogP contribution in [0.1, 0.15) is 6.92 Å². The first-order valence-corrected chi connectivity index (χ1v) is 3.64. The van der Waals surface area contributed by atoms with Crippen LogP contribution in [0.2, 0.25) is 0 Å². The molecule has 0 saturated carbocycles. The molecule has 0 amide bonds. The summed E-state index contributed by atoms with van der Waals surface area (Å²) in [6.07, 6.45) is 0. The third-order valence-corrected chi connectivity index (χ3v) is 2.54. The molecule has 1 unspecified atom stereocenters. The molecule has 1 aliphatic heterocycles. The Morgan fingerprint density at radius 1 is 1.89 bits per heavy atom. The van der Waals surface area contributed by atoms with Gasteiger partial charge in [0.1, 0.15) is 0 Å². The molecule has 48 valence electrons. The summed E-state index contributed by atoms with van der Waals surface area (Å²) < 4.78 is 0. The lowest BCUT2D eigenvalue weighted by Gasteiger charge is -2.15. The minimum Gasteiger partial charge on any atom is -0.354 e. The molecule has 0 aromatic rings. The average molecular weight is 140 g/mol. The molecule has 0 aliphatic carbocycles. The van der Waals surface area contributed by atoms with Crippen LogP contribution in [0, 0.1) is 11.3 Å². The van der Waals surface area contributed by atoms with Crippen LogP contribution in [0.15, 0.2) is 11.1 Å². The van der Waals surface area contributed by atoms with E-state index in [2.05, 4.69) is 6.07 Å². The summed E-state index contributed by atoms with van der Waals surface area (Å²) in [5, 5.41) is 10.5. The van der Waals surface area contributed by atoms with Gasteiger partial charge >= 0.3 is 0 Å². The predicted octanol–water partition coefficient (Wildman–Crippen LogP) is 1.38. The van der Waals surface area contributed by atoms with Crippen LogP contribution in [0.4, 0.5) is 0 Å². The number of rotatable bonds is 0. The summed E-state index contributed by atoms with van der Waals surface area (Å²) in [4.78, 5) is 1.96. The Balaban J connectivity index is 2.65. The molecular formula is C6H8N2S. The van der Waals surface area contributed by atoms with Crippen LogP contribution in [-0.4, -0.2) is 17.3 Å². The molecule has 1 rings (SSSR count). The molecule has 0 bridgehead atoms. The number of nitrogens with zero attached hydrogens (tertiary/aromatic N) is 2. The minimum atomic E-state index is 0.00463. The highest BCUT2D eigenvalue weighted by molar-refractivity contribution is 8.03. The summed E-state index contributed by atoms with van der Waals surface area (Å²) in [5.74, 6) is 0. The molecule has 0 saturated heterocycles. The van der Waals surface area contributed by atoms with Gasteiger partial charge in [0.2, 0.25) is 0 Å². The van der Waals surface area contributed by atoms with Crippen molar-refractivity contribution in [3.8, 4) is 6.07 Å². The van der Waals surface area contributed by atoms with Crippen LogP contribution in [0.25, 0.3) is 0 Å². The lowest BCUT2D eigenvalue weighted by Crippen LogP contribution is -2.20. The zero-order valence-electron chi connectivity index (χ0n) is 5.46. The van der Waals surface area contributed by atoms with Gasteiger partial charge in [-0.25, -0.2) is 0 Å². The van der Waals surface area contributed by atoms with Crippen molar-refractivity contribution in [2.45, 2.75) is 12.3 Å². The Hall–Kier alpha value is -0.620. The highest BCUT2D eigenvalue weighted by Gasteiger charge is 2.18. The predicted molar refractivity (Wildman–Crippen MR) is 38.5 cm³/mol. The highest BCUT2D eigenvalue weighted by atomic mass is 32.2. The molecule has 1 heterocycles. The van der Waals surface area contributed by atoms with Crippen molar-refractivity contribution in [3.05, 3.63) is 11.1 Å². The fraction of sp³-hybridized carbons (Fsp3) is 0.500. The lowest BCUT2D eigenvalue weighted by atomic mass is 10.5. The van der Waals surface area contributed by atoms with E-state index in [1.54, 1.807) is 11.8 Å². The van der Waals surface area contributed by atoms with Gasteiger partial charge in [-0.3, -0.25) is 0 Å². The Labute approximate surface area is 59.1 Å². The molecular weight excluding hydrogens is 132 g/mol. The van der Waals surface area contributed by atoms with Crippen LogP contribution in [0.3, 0.4) is 0 Å². The van der Waals surface area contributed by atoms with Crippen LogP contribution in [0.5, 0.6) is 0 Å². The number of hydrogen-bond donors (Lipinski definition) is 0. The number of thioether (sulfide) groups is 1. The second-order valence-electron chi connectivity index (χ2n) is 1.99. The smallest absolute Gasteiger partial charge is 0.167 e. The van der Waals surface area contributed by atoms with E-state index in [0.29, 0.717) is 0 Å². The van der Waals surface area contributed by atoms with Crippen molar-refractivity contribution in [2.75, 3.05) is 7.05 Å². The van der Waals surface area contributed by atoms with Gasteiger partial charge in [0, 0.05) is 12.7 Å². The first kappa shape index (κ1) is 6.50. The minimum absolute atomic E-state index is 0.00463. The molecule has 1 aliphatic rings. The fourth-order valence-corrected chi connectivity index (χ4v) is 1.54. The summed E-state index contributed by atoms with van der Waals surface area (Å²) in [5.41, 5.74) is 1.17. The summed E-state index contributed by atoms with van der Waals surface area (Å²) in [7, 11) is 1.93. The Kier molecular flexibility index (Phi) is 1.68. The molecule has 0 aromatic heterocycles. The topological polar surface area (TPSA) is 27.0 Å². The molecule has 2 nitrogen and oxygen atoms in total. The van der Waals surface area contributed by atoms with E-state index in [1.807, 2.05) is 24.3 Å². The van der Waals surface area contributed by atoms with Crippen LogP contribution >= 0.6 is 11.8 Å². The molecule has 1 atom stereocenters. The van der Waals surface area contributed by atoms with E-state index in [-0.39, 0.29) is 5.37 Å². The third-order valence-electron chi connectivity index (χ3n) is 1.39. The Bertz CT molecular complexity index is 180. The van der Waals surface area contributed by atoms with E-state index in [1.165, 1.54) is 5.70 Å². The van der Waals surface area contributed by atoms with Gasteiger partial charge in [0.05, 0.1) is 6.07 Å². The maximum atomic E-state index is 8.51. The average Bonchev–Trinajstić information content (AvgIpc) is 2.15. The van der Waals surface area contributed by atoms with Crippen LogP contribution in [-0.2, 0) is 0 Å². The SMILES string of the molecule is CC1=CSC(C#N)N1C. The largest absolute Gasteiger partial charge is 0.354 e. The van der Waals surface area contributed by atoms with Gasteiger partial charge in [-0.2, -0.15) is 5.26 Å². The molecule has 9 heavy (non-hydrogen) atoms. The van der Waals surface area contributed by atoms with E-state index in [9.17, 15) is 0 Å². The van der Waals surface area contributed by atoms with E-state index in [4.69, 9.17) is 5.26 Å². The Morgan fingerprint density at radius 2 is 2.56 bits per heavy atom. The van der Waals surface area contributed by atoms with E-state index in [0.717, 1.165) is 0 Å². The summed E-state index contributed by atoms with van der Waals surface area (Å²) in [6, 6.07) is 2.18. The molecule has 0 radical (unpaired) electrons. The zero-order chi connectivity index (χ0) is 6.85. The van der Waals surface area contributed by atoms with Crippen molar-refractivity contribution in [1.29, 1.82) is 5.26 Å². The second-order valence-corrected chi connectivity index (χ2v) is 2.94. The van der Waals surface area contributed by atoms with Gasteiger partial charge in [0.25, 0.3) is 0 Å². The molecule has 0 fully saturated rings. The van der Waals surface area contributed by atoms with Gasteiger partial charge in [-0.1, -0.05) is 11.8 Å². The van der Waals surface area contributed by atoms with Crippen molar-refractivity contribution < 1.29 is 0 Å². The standard InChI is InChI=1S/C6H8N2S/c1-5-4-9-6(3-7)8(5)2/h4,6H,1-2H3. The monoisotopic (exact) mass is 140 g/mol. The number of allylic oxidation sites excluding steroid dienone is 1. The fourth-order valence-electron chi connectivity index (χ4n) is 0.639. The van der Waals surface area contributed by atoms with E-state index < -0.39 is 0 Å². The van der Waals surface area contributed by atoms with E-state index >= 15 is 0 Å². The van der Waals surface area contributed by atoms with Gasteiger partial charge < -0.3 is 4.90 Å². The van der Waals surface area contributed by atoms with Gasteiger partial charge in [-0.15, -0.1) is 0 Å². The Morgan fingerprint density at radius 3 is 2.78 bits per heavy atom. The summed E-state index contributed by atoms with van der Waals surface area (Å²) >= 11 is 1.56. The second kappa shape index (κ2) is 2.32. The number of hydrogen-bond acceptors (Lipinski definition) is 3. The normalized spacial score (nSPS) is 25.7. The maximum absolute atomic E-state index is 8.51. The van der Waals surface area contributed by atoms with Crippen molar-refractivity contribution >= 4 is 11.8 Å². The van der Waals surface area contributed by atoms with Crippen LogP contribution < -0.4 is 0 Å². The lowest BCUT2D eigenvalue weighted by molar-refractivity contribution is 0.454. The first-order valence-electron chi connectivity index (χ1n) is 2.70. The first-order chi connectivity index (χ1) is 4.25. The summed E-state index contributed by atoms with van der Waals surface area (Å²) in [6.45, 7) is 2.00. The third kappa shape index (κ3) is 1.03. The quantitative estimate of drug-likeness (QED) is 0.508. The van der Waals surface area contributed by atoms with Crippen molar-refractivity contribution in [3.63, 3.8) is 0 Å². The van der Waals surface area contributed by atoms with Crippen molar-refractivity contribution in [1.82, 2.24) is 4.90 Å². The molecule has 0 aromatic carbocycles. The zero-order valence-corrected chi connectivity index (χ0v) is 6.27.